The maximum absolute atomic E-state index is 12.2. The molecule has 0 aromatic heterocycles. The molecule has 21 heavy (non-hydrogen) atoms. The smallest absolute Gasteiger partial charge is 0.405 e. The van der Waals surface area contributed by atoms with Crippen molar-refractivity contribution in [1.82, 2.24) is 0 Å². The number of nitrogens with zero attached hydrogens (tertiary/aromatic N) is 1. The van der Waals surface area contributed by atoms with E-state index >= 15 is 0 Å². The number of primary amides is 1. The molecular weight excluding hydrogens is 357 g/mol. The average molecular weight is 367 g/mol. The van der Waals surface area contributed by atoms with Crippen molar-refractivity contribution in [3.05, 3.63) is 22.7 Å². The van der Waals surface area contributed by atoms with Crippen LogP contribution in [0, 0.1) is 5.92 Å². The Morgan fingerprint density at radius 1 is 1.43 bits per heavy atom. The van der Waals surface area contributed by atoms with Crippen molar-refractivity contribution in [3.63, 3.8) is 0 Å². The van der Waals surface area contributed by atoms with Gasteiger partial charge in [0.05, 0.1) is 10.4 Å². The Morgan fingerprint density at radius 3 is 2.57 bits per heavy atom. The summed E-state index contributed by atoms with van der Waals surface area (Å²) in [5.41, 5.74) is 5.52. The van der Waals surface area contributed by atoms with E-state index in [1.807, 2.05) is 0 Å². The van der Waals surface area contributed by atoms with Crippen molar-refractivity contribution < 1.29 is 27.5 Å². The van der Waals surface area contributed by atoms with Crippen LogP contribution in [-0.2, 0) is 9.59 Å². The molecule has 0 spiro atoms. The Morgan fingerprint density at radius 2 is 2.10 bits per heavy atom. The van der Waals surface area contributed by atoms with Gasteiger partial charge in [-0.05, 0) is 34.1 Å². The van der Waals surface area contributed by atoms with E-state index in [-0.39, 0.29) is 23.3 Å². The molecule has 5 nitrogen and oxygen atoms in total. The third-order valence-electron chi connectivity index (χ3n) is 2.98. The lowest BCUT2D eigenvalue weighted by atomic mass is 10.1. The molecule has 0 bridgehead atoms. The van der Waals surface area contributed by atoms with Gasteiger partial charge in [0.25, 0.3) is 0 Å². The van der Waals surface area contributed by atoms with Gasteiger partial charge in [-0.2, -0.15) is 0 Å². The van der Waals surface area contributed by atoms with Crippen molar-refractivity contribution in [2.45, 2.75) is 12.8 Å². The summed E-state index contributed by atoms with van der Waals surface area (Å²) in [6.45, 7) is 0.111. The minimum Gasteiger partial charge on any atom is -0.405 e. The van der Waals surface area contributed by atoms with Crippen molar-refractivity contribution in [2.24, 2.45) is 11.7 Å². The number of nitrogens with two attached hydrogens (primary N) is 1. The van der Waals surface area contributed by atoms with Gasteiger partial charge in [0, 0.05) is 18.7 Å². The molecular formula is C12H10BrF3N2O3. The van der Waals surface area contributed by atoms with Crippen LogP contribution in [0.15, 0.2) is 22.7 Å². The topological polar surface area (TPSA) is 72.6 Å². The molecule has 2 N–H and O–H groups in total. The SMILES string of the molecule is NC(=O)C1CC(=O)N(c2ccc(OC(F)(F)F)c(Br)c2)C1. The summed E-state index contributed by atoms with van der Waals surface area (Å²) in [6, 6.07) is 3.73. The number of carbonyl (C=O) groups is 2. The molecule has 114 valence electrons. The van der Waals surface area contributed by atoms with E-state index in [1.165, 1.54) is 17.0 Å². The molecule has 1 heterocycles. The molecule has 0 radical (unpaired) electrons. The largest absolute Gasteiger partial charge is 0.573 e. The zero-order chi connectivity index (χ0) is 15.8. The molecule has 0 aliphatic carbocycles. The van der Waals surface area contributed by atoms with Gasteiger partial charge in [-0.3, -0.25) is 9.59 Å². The van der Waals surface area contributed by atoms with Crippen LogP contribution in [0.1, 0.15) is 6.42 Å². The number of hydrogen-bond donors (Lipinski definition) is 1. The number of benzene rings is 1. The monoisotopic (exact) mass is 366 g/mol. The number of rotatable bonds is 3. The van der Waals surface area contributed by atoms with Crippen molar-refractivity contribution in [3.8, 4) is 5.75 Å². The van der Waals surface area contributed by atoms with E-state index < -0.39 is 23.9 Å². The summed E-state index contributed by atoms with van der Waals surface area (Å²) in [4.78, 5) is 24.2. The second-order valence-electron chi connectivity index (χ2n) is 4.47. The second-order valence-corrected chi connectivity index (χ2v) is 5.32. The van der Waals surface area contributed by atoms with Crippen LogP contribution in [0.4, 0.5) is 18.9 Å². The van der Waals surface area contributed by atoms with Crippen LogP contribution >= 0.6 is 15.9 Å². The number of amides is 2. The first-order chi connectivity index (χ1) is 9.67. The van der Waals surface area contributed by atoms with Gasteiger partial charge in [0.15, 0.2) is 0 Å². The minimum atomic E-state index is -4.80. The zero-order valence-corrected chi connectivity index (χ0v) is 12.1. The molecule has 2 amide bonds. The highest BCUT2D eigenvalue weighted by atomic mass is 79.9. The van der Waals surface area contributed by atoms with Crippen molar-refractivity contribution in [2.75, 3.05) is 11.4 Å². The number of alkyl halides is 3. The molecule has 1 aromatic rings. The fraction of sp³-hybridized carbons (Fsp3) is 0.333. The molecule has 1 fully saturated rings. The highest BCUT2D eigenvalue weighted by molar-refractivity contribution is 9.10. The molecule has 0 saturated carbocycles. The fourth-order valence-electron chi connectivity index (χ4n) is 2.01. The summed E-state index contributed by atoms with van der Waals surface area (Å²) in [6.07, 6.45) is -4.81. The number of carbonyl (C=O) groups excluding carboxylic acids is 2. The molecule has 1 unspecified atom stereocenters. The highest BCUT2D eigenvalue weighted by Crippen LogP contribution is 2.35. The van der Waals surface area contributed by atoms with Crippen LogP contribution in [0.25, 0.3) is 0 Å². The Labute approximate surface area is 126 Å². The van der Waals surface area contributed by atoms with Crippen LogP contribution in [0.2, 0.25) is 0 Å². The second kappa shape index (κ2) is 5.55. The Hall–Kier alpha value is -1.77. The van der Waals surface area contributed by atoms with Gasteiger partial charge in [0.1, 0.15) is 5.75 Å². The first kappa shape index (κ1) is 15.6. The van der Waals surface area contributed by atoms with Gasteiger partial charge in [-0.15, -0.1) is 13.2 Å². The quantitative estimate of drug-likeness (QED) is 0.890. The lowest BCUT2D eigenvalue weighted by Gasteiger charge is -2.18. The lowest BCUT2D eigenvalue weighted by Crippen LogP contribution is -2.28. The number of ether oxygens (including phenoxy) is 1. The fourth-order valence-corrected chi connectivity index (χ4v) is 2.46. The molecule has 2 rings (SSSR count). The van der Waals surface area contributed by atoms with E-state index in [9.17, 15) is 22.8 Å². The normalized spacial score (nSPS) is 19.0. The van der Waals surface area contributed by atoms with Crippen LogP contribution in [0.5, 0.6) is 5.75 Å². The molecule has 9 heteroatoms. The summed E-state index contributed by atoms with van der Waals surface area (Å²) in [5, 5.41) is 0. The predicted molar refractivity (Wildman–Crippen MR) is 70.5 cm³/mol. The molecule has 1 saturated heterocycles. The molecule has 1 atom stereocenters. The standard InChI is InChI=1S/C12H10BrF3N2O3/c13-8-4-7(1-2-9(8)21-12(14,15)16)18-5-6(11(17)20)3-10(18)19/h1-2,4,6H,3,5H2,(H2,17,20). The Bertz CT molecular complexity index is 592. The van der Waals surface area contributed by atoms with Crippen LogP contribution in [0.3, 0.4) is 0 Å². The summed E-state index contributed by atoms with van der Waals surface area (Å²) in [7, 11) is 0. The summed E-state index contributed by atoms with van der Waals surface area (Å²) >= 11 is 2.96. The van der Waals surface area contributed by atoms with Crippen LogP contribution < -0.4 is 15.4 Å². The lowest BCUT2D eigenvalue weighted by molar-refractivity contribution is -0.274. The molecule has 1 aromatic carbocycles. The zero-order valence-electron chi connectivity index (χ0n) is 10.5. The van der Waals surface area contributed by atoms with Crippen molar-refractivity contribution in [1.29, 1.82) is 0 Å². The predicted octanol–water partition coefficient (Wildman–Crippen LogP) is 2.19. The van der Waals surface area contributed by atoms with E-state index in [0.29, 0.717) is 5.69 Å². The maximum Gasteiger partial charge on any atom is 0.573 e. The van der Waals surface area contributed by atoms with Crippen molar-refractivity contribution >= 4 is 33.4 Å². The van der Waals surface area contributed by atoms with Gasteiger partial charge in [-0.1, -0.05) is 0 Å². The first-order valence-electron chi connectivity index (χ1n) is 5.82. The number of halogens is 4. The van der Waals surface area contributed by atoms with E-state index in [1.54, 1.807) is 0 Å². The van der Waals surface area contributed by atoms with Gasteiger partial charge >= 0.3 is 6.36 Å². The molecule has 1 aliphatic heterocycles. The van der Waals surface area contributed by atoms with Gasteiger partial charge < -0.3 is 15.4 Å². The first-order valence-corrected chi connectivity index (χ1v) is 6.61. The van der Waals surface area contributed by atoms with E-state index in [4.69, 9.17) is 5.73 Å². The van der Waals surface area contributed by atoms with Gasteiger partial charge in [-0.25, -0.2) is 0 Å². The van der Waals surface area contributed by atoms with Crippen LogP contribution in [-0.4, -0.2) is 24.7 Å². The Kier molecular flexibility index (Phi) is 4.13. The van der Waals surface area contributed by atoms with E-state index in [0.717, 1.165) is 6.07 Å². The summed E-state index contributed by atoms with van der Waals surface area (Å²) in [5.74, 6) is -1.90. The summed E-state index contributed by atoms with van der Waals surface area (Å²) < 4.78 is 40.4. The highest BCUT2D eigenvalue weighted by Gasteiger charge is 2.35. The molecule has 1 aliphatic rings. The minimum absolute atomic E-state index is 0.00620. The third kappa shape index (κ3) is 3.66. The van der Waals surface area contributed by atoms with E-state index in [2.05, 4.69) is 20.7 Å². The maximum atomic E-state index is 12.2. The van der Waals surface area contributed by atoms with Gasteiger partial charge in [0.2, 0.25) is 11.8 Å². The third-order valence-corrected chi connectivity index (χ3v) is 3.60. The number of hydrogen-bond acceptors (Lipinski definition) is 3. The number of anilines is 1. The Balaban J connectivity index is 2.21. The average Bonchev–Trinajstić information content (AvgIpc) is 2.73.